The fourth-order valence-corrected chi connectivity index (χ4v) is 10.1. The Morgan fingerprint density at radius 2 is 1.82 bits per heavy atom. The van der Waals surface area contributed by atoms with Crippen LogP contribution in [-0.4, -0.2) is 12.1 Å². The van der Waals surface area contributed by atoms with Crippen LogP contribution in [0, 0.1) is 46.3 Å². The second-order valence-corrected chi connectivity index (χ2v) is 15.0. The predicted molar refractivity (Wildman–Crippen MR) is 159 cm³/mol. The lowest BCUT2D eigenvalue weighted by molar-refractivity contribution is -0.0594. The molecule has 0 saturated heterocycles. The third-order valence-electron chi connectivity index (χ3n) is 11.7. The van der Waals surface area contributed by atoms with Gasteiger partial charge in [0.15, 0.2) is 0 Å². The van der Waals surface area contributed by atoms with E-state index in [4.69, 9.17) is 27.9 Å². The van der Waals surface area contributed by atoms with Crippen molar-refractivity contribution in [3.8, 4) is 0 Å². The summed E-state index contributed by atoms with van der Waals surface area (Å²) in [6, 6.07) is 4.98. The van der Waals surface area contributed by atoms with E-state index in [0.717, 1.165) is 54.8 Å². The molecule has 0 radical (unpaired) electrons. The van der Waals surface area contributed by atoms with Gasteiger partial charge in [0.1, 0.15) is 6.10 Å². The fraction of sp³-hybridized carbons (Fsp3) is 0.735. The Kier molecular flexibility index (Phi) is 8.35. The molecule has 4 aliphatic rings. The fourth-order valence-electron chi connectivity index (χ4n) is 9.62. The number of esters is 1. The number of ether oxygens (including phenoxy) is 1. The summed E-state index contributed by atoms with van der Waals surface area (Å²) in [7, 11) is 0. The summed E-state index contributed by atoms with van der Waals surface area (Å²) in [6.07, 6.45) is 16.4. The third kappa shape index (κ3) is 5.23. The predicted octanol–water partition coefficient (Wildman–Crippen LogP) is 10.6. The summed E-state index contributed by atoms with van der Waals surface area (Å²) in [5.74, 6) is 4.71. The zero-order chi connectivity index (χ0) is 27.2. The number of carbonyl (C=O) groups excluding carboxylic acids is 1. The highest BCUT2D eigenvalue weighted by Gasteiger charge is 2.59. The van der Waals surface area contributed by atoms with Crippen LogP contribution in [0.2, 0.25) is 10.0 Å². The van der Waals surface area contributed by atoms with Crippen LogP contribution in [0.4, 0.5) is 0 Å². The first-order valence-electron chi connectivity index (χ1n) is 15.4. The molecule has 1 aromatic carbocycles. The van der Waals surface area contributed by atoms with Crippen LogP contribution in [-0.2, 0) is 4.74 Å². The molecule has 2 nitrogen and oxygen atoms in total. The number of rotatable bonds is 7. The monoisotopic (exact) mass is 558 g/mol. The molecule has 4 aliphatic carbocycles. The largest absolute Gasteiger partial charge is 0.458 e. The molecule has 0 aliphatic heterocycles. The molecule has 3 fully saturated rings. The van der Waals surface area contributed by atoms with Gasteiger partial charge in [0, 0.05) is 11.4 Å². The molecule has 0 N–H and O–H groups in total. The summed E-state index contributed by atoms with van der Waals surface area (Å²) < 4.78 is 5.99. The number of hydrogen-bond acceptors (Lipinski definition) is 2. The lowest BCUT2D eigenvalue weighted by atomic mass is 9.47. The molecule has 210 valence electrons. The van der Waals surface area contributed by atoms with Crippen molar-refractivity contribution in [1.82, 2.24) is 0 Å². The number of benzene rings is 1. The Morgan fingerprint density at radius 3 is 2.55 bits per heavy atom. The van der Waals surface area contributed by atoms with Crippen LogP contribution in [0.25, 0.3) is 0 Å². The Labute approximate surface area is 241 Å². The smallest absolute Gasteiger partial charge is 0.339 e. The molecule has 8 atom stereocenters. The van der Waals surface area contributed by atoms with E-state index in [1.807, 2.05) is 0 Å². The molecule has 3 unspecified atom stereocenters. The van der Waals surface area contributed by atoms with Crippen molar-refractivity contribution in [2.24, 2.45) is 46.3 Å². The van der Waals surface area contributed by atoms with E-state index in [-0.39, 0.29) is 17.5 Å². The number of allylic oxidation sites excluding steroid dienone is 1. The molecule has 1 aromatic rings. The minimum Gasteiger partial charge on any atom is -0.458 e. The van der Waals surface area contributed by atoms with Crippen molar-refractivity contribution in [3.05, 3.63) is 45.5 Å². The van der Waals surface area contributed by atoms with Crippen molar-refractivity contribution in [2.45, 2.75) is 111 Å². The van der Waals surface area contributed by atoms with E-state index in [9.17, 15) is 4.79 Å². The standard InChI is InChI=1S/C34H48Cl2O2/c1-21(2)7-6-8-22(3)28-13-14-29-26-11-9-23-19-25(38-32(37)27-12-10-24(35)20-31(27)36)15-17-33(23,4)30(26)16-18-34(28,29)5/h9-10,12,20-22,25-26,28-30H,6-8,11,13-19H2,1-5H3/t22-,25+,26?,28-,29?,30?,33+,34-/m1/s1. The molecule has 5 rings (SSSR count). The Morgan fingerprint density at radius 1 is 1.03 bits per heavy atom. The molecular weight excluding hydrogens is 511 g/mol. The van der Waals surface area contributed by atoms with Gasteiger partial charge in [-0.15, -0.1) is 0 Å². The number of halogens is 2. The summed E-state index contributed by atoms with van der Waals surface area (Å²) in [6.45, 7) is 12.5. The minimum absolute atomic E-state index is 0.0680. The van der Waals surface area contributed by atoms with E-state index in [1.54, 1.807) is 23.8 Å². The van der Waals surface area contributed by atoms with Crippen LogP contribution in [0.1, 0.15) is 116 Å². The van der Waals surface area contributed by atoms with Crippen LogP contribution >= 0.6 is 23.2 Å². The van der Waals surface area contributed by atoms with Crippen LogP contribution in [0.15, 0.2) is 29.8 Å². The van der Waals surface area contributed by atoms with E-state index in [0.29, 0.717) is 21.0 Å². The second-order valence-electron chi connectivity index (χ2n) is 14.2. The topological polar surface area (TPSA) is 26.3 Å². The molecule has 38 heavy (non-hydrogen) atoms. The van der Waals surface area contributed by atoms with E-state index in [2.05, 4.69) is 40.7 Å². The van der Waals surface area contributed by atoms with Gasteiger partial charge in [0.05, 0.1) is 10.6 Å². The van der Waals surface area contributed by atoms with Gasteiger partial charge in [0.2, 0.25) is 0 Å². The van der Waals surface area contributed by atoms with Crippen molar-refractivity contribution >= 4 is 29.2 Å². The van der Waals surface area contributed by atoms with Gasteiger partial charge in [-0.25, -0.2) is 4.79 Å². The highest BCUT2D eigenvalue weighted by atomic mass is 35.5. The maximum absolute atomic E-state index is 12.9. The molecule has 0 bridgehead atoms. The third-order valence-corrected chi connectivity index (χ3v) is 12.2. The van der Waals surface area contributed by atoms with Gasteiger partial charge in [-0.05, 0) is 109 Å². The molecule has 4 heteroatoms. The number of fused-ring (bicyclic) bond motifs is 5. The molecule has 0 spiro atoms. The SMILES string of the molecule is CC(C)CCC[C@@H](C)[C@H]1CCC2C3CC=C4C[C@@H](OC(=O)c5ccc(Cl)cc5Cl)CC[C@]4(C)C3CC[C@@]21C. The maximum atomic E-state index is 12.9. The van der Waals surface area contributed by atoms with Crippen molar-refractivity contribution in [1.29, 1.82) is 0 Å². The highest BCUT2D eigenvalue weighted by Crippen LogP contribution is 2.67. The second kappa shape index (κ2) is 11.1. The average molecular weight is 560 g/mol. The number of hydrogen-bond donors (Lipinski definition) is 0. The molecule has 0 aromatic heterocycles. The van der Waals surface area contributed by atoms with E-state index in [1.165, 1.54) is 51.4 Å². The Hall–Kier alpha value is -0.990. The van der Waals surface area contributed by atoms with Crippen molar-refractivity contribution < 1.29 is 9.53 Å². The average Bonchev–Trinajstić information content (AvgIpc) is 3.21. The van der Waals surface area contributed by atoms with Gasteiger partial charge in [-0.2, -0.15) is 0 Å². The zero-order valence-electron chi connectivity index (χ0n) is 24.2. The van der Waals surface area contributed by atoms with Crippen molar-refractivity contribution in [3.63, 3.8) is 0 Å². The van der Waals surface area contributed by atoms with Gasteiger partial charge >= 0.3 is 5.97 Å². The summed E-state index contributed by atoms with van der Waals surface area (Å²) in [5, 5.41) is 0.886. The quantitative estimate of drug-likeness (QED) is 0.245. The van der Waals surface area contributed by atoms with E-state index >= 15 is 0 Å². The molecule has 0 amide bonds. The lowest BCUT2D eigenvalue weighted by Crippen LogP contribution is -2.51. The summed E-state index contributed by atoms with van der Waals surface area (Å²) in [4.78, 5) is 12.9. The van der Waals surface area contributed by atoms with Crippen molar-refractivity contribution in [2.75, 3.05) is 0 Å². The van der Waals surface area contributed by atoms with Crippen LogP contribution in [0.3, 0.4) is 0 Å². The van der Waals surface area contributed by atoms with Gasteiger partial charge < -0.3 is 4.74 Å². The lowest BCUT2D eigenvalue weighted by Gasteiger charge is -2.58. The normalized spacial score (nSPS) is 37.2. The van der Waals surface area contributed by atoms with E-state index < -0.39 is 0 Å². The van der Waals surface area contributed by atoms with Gasteiger partial charge in [0.25, 0.3) is 0 Å². The number of carbonyl (C=O) groups is 1. The minimum atomic E-state index is -0.331. The highest BCUT2D eigenvalue weighted by molar-refractivity contribution is 6.36. The summed E-state index contributed by atoms with van der Waals surface area (Å²) in [5.41, 5.74) is 2.73. The first-order chi connectivity index (χ1) is 18.0. The molecule has 0 heterocycles. The first kappa shape index (κ1) is 28.5. The maximum Gasteiger partial charge on any atom is 0.339 e. The zero-order valence-corrected chi connectivity index (χ0v) is 25.7. The van der Waals surface area contributed by atoms with Gasteiger partial charge in [-0.1, -0.05) is 88.7 Å². The molecular formula is C34H48Cl2O2. The van der Waals surface area contributed by atoms with Gasteiger partial charge in [-0.3, -0.25) is 0 Å². The summed E-state index contributed by atoms with van der Waals surface area (Å²) >= 11 is 12.3. The first-order valence-corrected chi connectivity index (χ1v) is 16.1. The molecule has 3 saturated carbocycles. The Bertz CT molecular complexity index is 1060. The Balaban J connectivity index is 1.25. The van der Waals surface area contributed by atoms with Crippen LogP contribution < -0.4 is 0 Å². The van der Waals surface area contributed by atoms with Crippen LogP contribution in [0.5, 0.6) is 0 Å².